The Morgan fingerprint density at radius 1 is 0.878 bits per heavy atom. The monoisotopic (exact) mass is 762 g/mol. The van der Waals surface area contributed by atoms with Crippen molar-refractivity contribution in [3.63, 3.8) is 0 Å². The molecule has 13 heteroatoms. The molecule has 7 nitrogen and oxygen atoms in total. The summed E-state index contributed by atoms with van der Waals surface area (Å²) in [7, 11) is 0. The van der Waals surface area contributed by atoms with E-state index >= 15 is 0 Å². The number of nitrogens with zero attached hydrogens (tertiary/aromatic N) is 2. The van der Waals surface area contributed by atoms with E-state index in [-0.39, 0.29) is 15.6 Å². The van der Waals surface area contributed by atoms with Gasteiger partial charge < -0.3 is 16.2 Å². The Bertz CT molecular complexity index is 1400. The summed E-state index contributed by atoms with van der Waals surface area (Å²) < 4.78 is 0. The van der Waals surface area contributed by atoms with E-state index in [2.05, 4.69) is 47.1 Å². The number of nitrogens with two attached hydrogens (primary N) is 1. The number of carboxylic acid groups (broad SMARTS) is 1. The molecule has 0 fully saturated rings. The molecule has 2 aromatic heterocycles. The second kappa shape index (κ2) is 18.5. The minimum absolute atomic E-state index is 0.0638. The average molecular weight is 765 g/mol. The molecule has 4 aromatic rings. The molecule has 41 heavy (non-hydrogen) atoms. The normalized spacial score (nSPS) is 11.8. The fourth-order valence-electron chi connectivity index (χ4n) is 3.05. The largest absolute Gasteiger partial charge is 0.480 e. The lowest BCUT2D eigenvalue weighted by Crippen LogP contribution is -2.21. The summed E-state index contributed by atoms with van der Waals surface area (Å²) in [6, 6.07) is 15.5. The quantitative estimate of drug-likeness (QED) is 0.147. The van der Waals surface area contributed by atoms with Crippen LogP contribution in [0.15, 0.2) is 60.9 Å². The number of amides is 1. The lowest BCUT2D eigenvalue weighted by Gasteiger charge is -2.05. The van der Waals surface area contributed by atoms with Crippen LogP contribution in [0.2, 0.25) is 10.0 Å². The van der Waals surface area contributed by atoms with Crippen LogP contribution < -0.4 is 11.1 Å². The summed E-state index contributed by atoms with van der Waals surface area (Å²) >= 11 is 21.4. The topological polar surface area (TPSA) is 118 Å². The first-order chi connectivity index (χ1) is 19.5. The molecular formula is C28H30Br2Cl2N4O3S2. The van der Waals surface area contributed by atoms with Crippen LogP contribution in [-0.2, 0) is 22.4 Å². The average Bonchev–Trinajstić information content (AvgIpc) is 3.58. The second-order valence-electron chi connectivity index (χ2n) is 8.41. The van der Waals surface area contributed by atoms with Crippen LogP contribution in [0.4, 0.5) is 10.3 Å². The number of carbonyl (C=O) groups excluding carboxylic acids is 1. The van der Waals surface area contributed by atoms with Gasteiger partial charge in [-0.3, -0.25) is 9.59 Å². The molecule has 0 saturated carbocycles. The van der Waals surface area contributed by atoms with Crippen molar-refractivity contribution < 1.29 is 14.7 Å². The number of benzene rings is 2. The highest BCUT2D eigenvalue weighted by molar-refractivity contribution is 9.10. The van der Waals surface area contributed by atoms with E-state index in [1.54, 1.807) is 12.4 Å². The number of carbonyl (C=O) groups is 2. The third kappa shape index (κ3) is 12.8. The number of alkyl halides is 2. The molecule has 2 unspecified atom stereocenters. The van der Waals surface area contributed by atoms with Crippen molar-refractivity contribution >= 4 is 99.9 Å². The number of rotatable bonds is 9. The van der Waals surface area contributed by atoms with Crippen LogP contribution in [0.5, 0.6) is 0 Å². The molecule has 0 spiro atoms. The van der Waals surface area contributed by atoms with Crippen molar-refractivity contribution in [2.24, 2.45) is 0 Å². The Morgan fingerprint density at radius 2 is 1.37 bits per heavy atom. The number of thiazole rings is 2. The third-order valence-corrected chi connectivity index (χ3v) is 9.85. The molecule has 0 radical (unpaired) electrons. The van der Waals surface area contributed by atoms with Gasteiger partial charge in [-0.15, -0.1) is 22.7 Å². The van der Waals surface area contributed by atoms with Gasteiger partial charge in [0.25, 0.3) is 0 Å². The summed E-state index contributed by atoms with van der Waals surface area (Å²) in [5.41, 5.74) is 7.71. The van der Waals surface area contributed by atoms with Gasteiger partial charge in [-0.1, -0.05) is 105 Å². The van der Waals surface area contributed by atoms with E-state index in [4.69, 9.17) is 34.0 Å². The number of anilines is 2. The summed E-state index contributed by atoms with van der Waals surface area (Å²) in [4.78, 5) is 31.5. The Balaban J connectivity index is 0.000000242. The maximum Gasteiger partial charge on any atom is 0.317 e. The predicted molar refractivity (Wildman–Crippen MR) is 179 cm³/mol. The van der Waals surface area contributed by atoms with Gasteiger partial charge in [0.2, 0.25) is 5.91 Å². The van der Waals surface area contributed by atoms with Gasteiger partial charge in [-0.05, 0) is 36.1 Å². The molecule has 1 amide bonds. The molecule has 4 rings (SSSR count). The van der Waals surface area contributed by atoms with Crippen LogP contribution in [0.25, 0.3) is 0 Å². The summed E-state index contributed by atoms with van der Waals surface area (Å²) in [6.45, 7) is 3.76. The first-order valence-corrected chi connectivity index (χ1v) is 16.7. The smallest absolute Gasteiger partial charge is 0.317 e. The van der Waals surface area contributed by atoms with E-state index in [1.807, 2.05) is 62.4 Å². The van der Waals surface area contributed by atoms with Gasteiger partial charge in [-0.2, -0.15) is 0 Å². The Morgan fingerprint density at radius 3 is 1.78 bits per heavy atom. The molecule has 0 bridgehead atoms. The molecule has 2 atom stereocenters. The number of hydrogen-bond donors (Lipinski definition) is 3. The summed E-state index contributed by atoms with van der Waals surface area (Å²) in [5.74, 6) is -0.853. The highest BCUT2D eigenvalue weighted by atomic mass is 79.9. The van der Waals surface area contributed by atoms with Crippen molar-refractivity contribution in [3.8, 4) is 0 Å². The van der Waals surface area contributed by atoms with E-state index < -0.39 is 5.97 Å². The van der Waals surface area contributed by atoms with Crippen molar-refractivity contribution in [1.29, 1.82) is 0 Å². The van der Waals surface area contributed by atoms with Crippen LogP contribution in [-0.4, -0.2) is 36.6 Å². The Hall–Kier alpha value is -2.02. The predicted octanol–water partition coefficient (Wildman–Crippen LogP) is 8.71. The number of halogens is 4. The lowest BCUT2D eigenvalue weighted by molar-refractivity contribution is -0.136. The van der Waals surface area contributed by atoms with E-state index in [9.17, 15) is 9.59 Å². The molecule has 220 valence electrons. The van der Waals surface area contributed by atoms with Crippen LogP contribution >= 0.6 is 77.7 Å². The first-order valence-electron chi connectivity index (χ1n) is 12.5. The van der Waals surface area contributed by atoms with E-state index in [1.165, 1.54) is 22.7 Å². The van der Waals surface area contributed by atoms with Crippen molar-refractivity contribution in [2.45, 2.75) is 49.2 Å². The lowest BCUT2D eigenvalue weighted by atomic mass is 10.1. The van der Waals surface area contributed by atoms with Gasteiger partial charge in [0.1, 0.15) is 4.83 Å². The Kier molecular flexibility index (Phi) is 15.9. The van der Waals surface area contributed by atoms with Gasteiger partial charge in [-0.25, -0.2) is 9.97 Å². The molecule has 2 aromatic carbocycles. The number of carboxylic acids is 1. The minimum atomic E-state index is -0.789. The molecule has 0 aliphatic rings. The van der Waals surface area contributed by atoms with Crippen molar-refractivity contribution in [1.82, 2.24) is 9.97 Å². The number of nitrogens with one attached hydrogen (secondary N) is 1. The minimum Gasteiger partial charge on any atom is -0.480 e. The Labute approximate surface area is 274 Å². The summed E-state index contributed by atoms with van der Waals surface area (Å²) in [6.07, 6.45) is 6.47. The zero-order valence-electron chi connectivity index (χ0n) is 22.3. The van der Waals surface area contributed by atoms with Crippen LogP contribution in [0, 0.1) is 0 Å². The molecule has 2 heterocycles. The summed E-state index contributed by atoms with van der Waals surface area (Å²) in [5, 5.41) is 13.7. The zero-order chi connectivity index (χ0) is 30.4. The van der Waals surface area contributed by atoms with E-state index in [0.29, 0.717) is 16.7 Å². The van der Waals surface area contributed by atoms with Crippen molar-refractivity contribution in [2.75, 3.05) is 11.1 Å². The van der Waals surface area contributed by atoms with Gasteiger partial charge in [0.05, 0.1) is 4.83 Å². The highest BCUT2D eigenvalue weighted by Crippen LogP contribution is 2.25. The van der Waals surface area contributed by atoms with Gasteiger partial charge in [0, 0.05) is 45.0 Å². The maximum atomic E-state index is 11.8. The van der Waals surface area contributed by atoms with Gasteiger partial charge >= 0.3 is 5.97 Å². The van der Waals surface area contributed by atoms with E-state index in [0.717, 1.165) is 50.2 Å². The molecule has 0 saturated heterocycles. The molecular weight excluding hydrogens is 735 g/mol. The fraction of sp³-hybridized carbons (Fsp3) is 0.286. The van der Waals surface area contributed by atoms with Gasteiger partial charge in [0.15, 0.2) is 10.3 Å². The SMILES string of the molecule is CCC(Br)C(=O)Nc1ncc(Cc2ccccc2Cl)s1.CCC(Br)C(=O)O.Nc1ncc(Cc2ccccc2Cl)s1. The zero-order valence-corrected chi connectivity index (χ0v) is 28.6. The number of nitrogen functional groups attached to an aromatic ring is 1. The third-order valence-electron chi connectivity index (χ3n) is 5.27. The standard InChI is InChI=1S/C14H14BrClN2OS.C10H9ClN2S.C4H7BrO2/c1-2-11(15)13(19)18-14-17-8-10(20-14)7-9-5-3-4-6-12(9)16;11-9-4-2-1-3-7(9)5-8-6-13-10(12)14-8;1-2-3(5)4(6)7/h3-6,8,11H,2,7H2,1H3,(H,17,18,19);1-4,6H,5H2,(H2,12,13);3H,2H2,1H3,(H,6,7). The molecule has 0 aliphatic carbocycles. The second-order valence-corrected chi connectivity index (χ2v) is 13.7. The highest BCUT2D eigenvalue weighted by Gasteiger charge is 2.14. The molecule has 4 N–H and O–H groups in total. The first kappa shape index (κ1) is 35.2. The maximum absolute atomic E-state index is 11.8. The van der Waals surface area contributed by atoms with Crippen LogP contribution in [0.1, 0.15) is 47.6 Å². The fourth-order valence-corrected chi connectivity index (χ4v) is 5.12. The molecule has 0 aliphatic heterocycles. The van der Waals surface area contributed by atoms with Crippen molar-refractivity contribution in [3.05, 3.63) is 91.9 Å². The van der Waals surface area contributed by atoms with Crippen LogP contribution in [0.3, 0.4) is 0 Å². The number of hydrogen-bond acceptors (Lipinski definition) is 7. The number of aliphatic carboxylic acids is 1. The number of aromatic nitrogens is 2.